The predicted molar refractivity (Wildman–Crippen MR) is 85.5 cm³/mol. The van der Waals surface area contributed by atoms with Crippen molar-refractivity contribution in [3.8, 4) is 0 Å². The number of amidine groups is 1. The van der Waals surface area contributed by atoms with Gasteiger partial charge in [0.25, 0.3) is 0 Å². The number of nitrogens with zero attached hydrogens (tertiary/aromatic N) is 4. The van der Waals surface area contributed by atoms with E-state index in [1.165, 1.54) is 13.3 Å². The molecule has 2 aromatic heterocycles. The number of aliphatic imine (C=N–C) groups is 1. The van der Waals surface area contributed by atoms with Gasteiger partial charge in [0, 0.05) is 11.8 Å². The van der Waals surface area contributed by atoms with Crippen molar-refractivity contribution < 1.29 is 20.1 Å². The summed E-state index contributed by atoms with van der Waals surface area (Å²) in [6.07, 6.45) is 3.48. The van der Waals surface area contributed by atoms with Gasteiger partial charge in [-0.3, -0.25) is 0 Å². The summed E-state index contributed by atoms with van der Waals surface area (Å²) in [5, 5.41) is 30.9. The third-order valence-corrected chi connectivity index (χ3v) is 4.47. The monoisotopic (exact) mass is 331 g/mol. The predicted octanol–water partition coefficient (Wildman–Crippen LogP) is -0.552. The number of rotatable bonds is 2. The van der Waals surface area contributed by atoms with Crippen LogP contribution in [-0.4, -0.2) is 60.1 Å². The average Bonchev–Trinajstić information content (AvgIpc) is 2.95. The minimum Gasteiger partial charge on any atom is -0.394 e. The van der Waals surface area contributed by atoms with Crippen LogP contribution in [0.3, 0.4) is 0 Å². The third kappa shape index (κ3) is 1.99. The van der Waals surface area contributed by atoms with Crippen LogP contribution >= 0.6 is 0 Å². The number of hydrogen-bond donors (Lipinski definition) is 4. The lowest BCUT2D eigenvalue weighted by atomic mass is 9.96. The second-order valence-electron chi connectivity index (χ2n) is 6.14. The Morgan fingerprint density at radius 1 is 1.38 bits per heavy atom. The molecule has 0 aliphatic carbocycles. The molecule has 1 saturated heterocycles. The van der Waals surface area contributed by atoms with Crippen LogP contribution in [0, 0.1) is 0 Å². The fourth-order valence-corrected chi connectivity index (χ4v) is 3.21. The van der Waals surface area contributed by atoms with Gasteiger partial charge < -0.3 is 30.4 Å². The van der Waals surface area contributed by atoms with Crippen LogP contribution in [0.15, 0.2) is 23.6 Å². The maximum Gasteiger partial charge on any atom is 0.167 e. The Morgan fingerprint density at radius 2 is 2.17 bits per heavy atom. The fourth-order valence-electron chi connectivity index (χ4n) is 3.21. The van der Waals surface area contributed by atoms with Gasteiger partial charge in [-0.25, -0.2) is 15.0 Å². The largest absolute Gasteiger partial charge is 0.394 e. The zero-order chi connectivity index (χ0) is 17.1. The molecule has 1 fully saturated rings. The van der Waals surface area contributed by atoms with Crippen molar-refractivity contribution in [2.45, 2.75) is 31.0 Å². The molecule has 5 N–H and O–H groups in total. The van der Waals surface area contributed by atoms with Crippen molar-refractivity contribution >= 4 is 28.8 Å². The molecule has 0 amide bonds. The molecule has 9 heteroatoms. The van der Waals surface area contributed by atoms with E-state index in [2.05, 4.69) is 15.0 Å². The van der Waals surface area contributed by atoms with Gasteiger partial charge >= 0.3 is 0 Å². The van der Waals surface area contributed by atoms with E-state index in [1.54, 1.807) is 22.9 Å². The number of hydrogen-bond acceptors (Lipinski definition) is 8. The summed E-state index contributed by atoms with van der Waals surface area (Å²) < 4.78 is 7.29. The summed E-state index contributed by atoms with van der Waals surface area (Å²) >= 11 is 0. The second kappa shape index (κ2) is 5.08. The van der Waals surface area contributed by atoms with Crippen LogP contribution in [0.4, 0.5) is 5.82 Å². The standard InChI is InChI=1S/C15H17N5O4/c1-15(23)11(22)8(5-21)24-14(15)20-4-7-2-3-9(16)19-12-10(7)13(20)18-6-17-12/h2-4,6,8,11,14,21-23H,5H2,1H3,(H2,16,17,18,19)/t8-,11-,14?,15-/m1/s1. The van der Waals surface area contributed by atoms with Gasteiger partial charge in [0.1, 0.15) is 35.6 Å². The Hall–Kier alpha value is -2.33. The van der Waals surface area contributed by atoms with Gasteiger partial charge in [-0.15, -0.1) is 0 Å². The molecule has 4 atom stereocenters. The Bertz CT molecular complexity index is 872. The lowest BCUT2D eigenvalue weighted by Crippen LogP contribution is -2.44. The summed E-state index contributed by atoms with van der Waals surface area (Å²) in [5.41, 5.74) is 5.44. The van der Waals surface area contributed by atoms with E-state index in [0.29, 0.717) is 22.7 Å². The van der Waals surface area contributed by atoms with Crippen LogP contribution in [0.2, 0.25) is 0 Å². The molecule has 126 valence electrons. The van der Waals surface area contributed by atoms with E-state index < -0.39 is 30.6 Å². The molecule has 4 heterocycles. The SMILES string of the molecule is C[C@]1(O)C(n2cc3c4c(ncnc42)N=C(N)C=C3)O[C@H](CO)[C@H]1O. The van der Waals surface area contributed by atoms with Crippen molar-refractivity contribution in [2.24, 2.45) is 10.7 Å². The first-order valence-corrected chi connectivity index (χ1v) is 7.48. The highest BCUT2D eigenvalue weighted by Gasteiger charge is 2.53. The number of aliphatic hydroxyl groups excluding tert-OH is 2. The highest BCUT2D eigenvalue weighted by Crippen LogP contribution is 2.41. The van der Waals surface area contributed by atoms with Crippen LogP contribution in [-0.2, 0) is 4.74 Å². The minimum absolute atomic E-state index is 0.331. The van der Waals surface area contributed by atoms with Crippen molar-refractivity contribution in [2.75, 3.05) is 6.61 Å². The van der Waals surface area contributed by atoms with E-state index in [-0.39, 0.29) is 0 Å². The summed E-state index contributed by atoms with van der Waals surface area (Å²) in [6.45, 7) is 1.06. The van der Waals surface area contributed by atoms with Crippen LogP contribution < -0.4 is 5.73 Å². The minimum atomic E-state index is -1.60. The molecular weight excluding hydrogens is 314 g/mol. The number of aromatic nitrogens is 3. The molecule has 0 aromatic carbocycles. The molecule has 0 spiro atoms. The van der Waals surface area contributed by atoms with Crippen LogP contribution in [0.25, 0.3) is 17.1 Å². The highest BCUT2D eigenvalue weighted by molar-refractivity contribution is 6.05. The van der Waals surface area contributed by atoms with Gasteiger partial charge in [-0.2, -0.15) is 0 Å². The van der Waals surface area contributed by atoms with E-state index in [9.17, 15) is 15.3 Å². The third-order valence-electron chi connectivity index (χ3n) is 4.47. The molecule has 2 aliphatic rings. The van der Waals surface area contributed by atoms with Gasteiger partial charge in [0.15, 0.2) is 12.0 Å². The molecule has 1 unspecified atom stereocenters. The van der Waals surface area contributed by atoms with Gasteiger partial charge in [0.05, 0.1) is 12.0 Å². The molecule has 0 bridgehead atoms. The van der Waals surface area contributed by atoms with E-state index >= 15 is 0 Å². The number of ether oxygens (including phenoxy) is 1. The average molecular weight is 331 g/mol. The van der Waals surface area contributed by atoms with E-state index in [1.807, 2.05) is 0 Å². The van der Waals surface area contributed by atoms with Crippen molar-refractivity contribution in [3.63, 3.8) is 0 Å². The first-order valence-electron chi connectivity index (χ1n) is 7.48. The topological polar surface area (TPSA) is 139 Å². The fraction of sp³-hybridized carbons (Fsp3) is 0.400. The second-order valence-corrected chi connectivity index (χ2v) is 6.14. The summed E-state index contributed by atoms with van der Waals surface area (Å²) in [4.78, 5) is 12.6. The summed E-state index contributed by atoms with van der Waals surface area (Å²) in [6, 6.07) is 0. The van der Waals surface area contributed by atoms with E-state index in [0.717, 1.165) is 5.56 Å². The van der Waals surface area contributed by atoms with Crippen molar-refractivity contribution in [1.29, 1.82) is 0 Å². The Morgan fingerprint density at radius 3 is 2.88 bits per heavy atom. The number of nitrogens with two attached hydrogens (primary N) is 1. The molecule has 0 saturated carbocycles. The lowest BCUT2D eigenvalue weighted by molar-refractivity contribution is -0.0948. The number of aliphatic hydroxyl groups is 3. The zero-order valence-electron chi connectivity index (χ0n) is 12.9. The molecule has 9 nitrogen and oxygen atoms in total. The quantitative estimate of drug-likeness (QED) is 0.579. The van der Waals surface area contributed by atoms with Crippen molar-refractivity contribution in [1.82, 2.24) is 14.5 Å². The molecule has 2 aromatic rings. The summed E-state index contributed by atoms with van der Waals surface area (Å²) in [7, 11) is 0. The zero-order valence-corrected chi connectivity index (χ0v) is 12.9. The Labute approximate surface area is 136 Å². The lowest BCUT2D eigenvalue weighted by Gasteiger charge is -2.27. The van der Waals surface area contributed by atoms with E-state index in [4.69, 9.17) is 10.5 Å². The van der Waals surface area contributed by atoms with Gasteiger partial charge in [-0.05, 0) is 19.1 Å². The van der Waals surface area contributed by atoms with Crippen molar-refractivity contribution in [3.05, 3.63) is 24.2 Å². The Balaban J connectivity index is 1.91. The first-order chi connectivity index (χ1) is 11.4. The normalized spacial score (nSPS) is 32.2. The molecule has 4 rings (SSSR count). The van der Waals surface area contributed by atoms with Gasteiger partial charge in [-0.1, -0.05) is 0 Å². The maximum absolute atomic E-state index is 10.7. The maximum atomic E-state index is 10.7. The van der Waals surface area contributed by atoms with Crippen LogP contribution in [0.1, 0.15) is 18.7 Å². The molecule has 24 heavy (non-hydrogen) atoms. The first kappa shape index (κ1) is 15.2. The summed E-state index contributed by atoms with van der Waals surface area (Å²) in [5.74, 6) is 0.755. The molecule has 2 aliphatic heterocycles. The highest BCUT2D eigenvalue weighted by atomic mass is 16.6. The van der Waals surface area contributed by atoms with Gasteiger partial charge in [0.2, 0.25) is 0 Å². The molecular formula is C15H17N5O4. The smallest absolute Gasteiger partial charge is 0.167 e. The molecule has 0 radical (unpaired) electrons. The van der Waals surface area contributed by atoms with Crippen LogP contribution in [0.5, 0.6) is 0 Å². The Kier molecular flexibility index (Phi) is 3.22.